The molecule has 0 radical (unpaired) electrons. The van der Waals surface area contributed by atoms with Crippen LogP contribution in [0, 0.1) is 0 Å². The number of piperidine rings is 1. The number of hydrogen-bond acceptors (Lipinski definition) is 7. The summed E-state index contributed by atoms with van der Waals surface area (Å²) in [5.74, 6) is 0.770. The van der Waals surface area contributed by atoms with Gasteiger partial charge in [0.2, 0.25) is 5.91 Å². The minimum atomic E-state index is -0.644. The van der Waals surface area contributed by atoms with Crippen molar-refractivity contribution in [2.75, 3.05) is 43.9 Å². The first kappa shape index (κ1) is 24.7. The van der Waals surface area contributed by atoms with Gasteiger partial charge in [0.05, 0.1) is 12.2 Å². The van der Waals surface area contributed by atoms with Gasteiger partial charge in [0.15, 0.2) is 11.5 Å². The molecule has 2 amide bonds. The fraction of sp³-hybridized carbons (Fsp3) is 0.462. The van der Waals surface area contributed by atoms with Crippen molar-refractivity contribution in [2.45, 2.75) is 44.2 Å². The Labute approximate surface area is 207 Å². The van der Waals surface area contributed by atoms with Crippen LogP contribution in [0.3, 0.4) is 0 Å². The Hall–Kier alpha value is -3.46. The van der Waals surface area contributed by atoms with Gasteiger partial charge in [-0.1, -0.05) is 18.7 Å². The van der Waals surface area contributed by atoms with Crippen LogP contribution in [0.2, 0.25) is 0 Å². The molecule has 2 atom stereocenters. The van der Waals surface area contributed by atoms with Crippen LogP contribution in [0.25, 0.3) is 0 Å². The highest BCUT2D eigenvalue weighted by Gasteiger charge is 2.36. The number of carbonyl (C=O) groups excluding carboxylic acids is 2. The number of amides is 2. The van der Waals surface area contributed by atoms with E-state index in [0.717, 1.165) is 38.0 Å². The van der Waals surface area contributed by atoms with E-state index >= 15 is 0 Å². The predicted molar refractivity (Wildman–Crippen MR) is 138 cm³/mol. The molecule has 1 aromatic heterocycles. The SMILES string of the molecule is C=CC(=O)N1CC[C@@H](N(C)c2cnc(C(N)=O)c(Nc3ccc(C4CCN(C)CC4)cc3)n2)[C@H]1C. The van der Waals surface area contributed by atoms with E-state index in [4.69, 9.17) is 10.7 Å². The normalized spacial score (nSPS) is 21.1. The molecule has 2 aliphatic heterocycles. The lowest BCUT2D eigenvalue weighted by atomic mass is 9.89. The Balaban J connectivity index is 1.52. The Morgan fingerprint density at radius 2 is 1.86 bits per heavy atom. The molecule has 0 spiro atoms. The number of primary amides is 1. The largest absolute Gasteiger partial charge is 0.364 e. The average molecular weight is 478 g/mol. The van der Waals surface area contributed by atoms with Gasteiger partial charge >= 0.3 is 0 Å². The number of hydrogen-bond donors (Lipinski definition) is 2. The van der Waals surface area contributed by atoms with Gasteiger partial charge in [-0.15, -0.1) is 0 Å². The van der Waals surface area contributed by atoms with E-state index in [2.05, 4.69) is 41.0 Å². The van der Waals surface area contributed by atoms with Crippen molar-refractivity contribution < 1.29 is 9.59 Å². The molecule has 0 bridgehead atoms. The highest BCUT2D eigenvalue weighted by molar-refractivity contribution is 5.96. The summed E-state index contributed by atoms with van der Waals surface area (Å²) in [6.07, 6.45) is 6.02. The van der Waals surface area contributed by atoms with Crippen LogP contribution in [0.1, 0.15) is 48.2 Å². The highest BCUT2D eigenvalue weighted by Crippen LogP contribution is 2.30. The number of likely N-dealkylation sites (N-methyl/N-ethyl adjacent to an activating group) is 1. The molecule has 3 heterocycles. The molecular weight excluding hydrogens is 442 g/mol. The molecule has 0 saturated carbocycles. The number of rotatable bonds is 7. The summed E-state index contributed by atoms with van der Waals surface area (Å²) >= 11 is 0. The van der Waals surface area contributed by atoms with Crippen molar-refractivity contribution in [3.05, 3.63) is 54.4 Å². The van der Waals surface area contributed by atoms with E-state index < -0.39 is 5.91 Å². The van der Waals surface area contributed by atoms with Gasteiger partial charge in [0.1, 0.15) is 5.82 Å². The van der Waals surface area contributed by atoms with E-state index in [9.17, 15) is 9.59 Å². The van der Waals surface area contributed by atoms with Gasteiger partial charge in [-0.25, -0.2) is 9.97 Å². The molecule has 2 aliphatic rings. The van der Waals surface area contributed by atoms with Crippen molar-refractivity contribution in [2.24, 2.45) is 5.73 Å². The second-order valence-corrected chi connectivity index (χ2v) is 9.56. The van der Waals surface area contributed by atoms with Crippen LogP contribution >= 0.6 is 0 Å². The third-order valence-electron chi connectivity index (χ3n) is 7.39. The van der Waals surface area contributed by atoms with Gasteiger partial charge in [0, 0.05) is 25.3 Å². The first-order valence-corrected chi connectivity index (χ1v) is 12.2. The zero-order valence-electron chi connectivity index (χ0n) is 20.8. The molecule has 9 nitrogen and oxygen atoms in total. The van der Waals surface area contributed by atoms with Crippen LogP contribution in [0.15, 0.2) is 43.1 Å². The quantitative estimate of drug-likeness (QED) is 0.591. The number of anilines is 3. The molecule has 0 aliphatic carbocycles. The Morgan fingerprint density at radius 3 is 2.49 bits per heavy atom. The van der Waals surface area contributed by atoms with Crippen molar-refractivity contribution in [1.29, 1.82) is 0 Å². The lowest BCUT2D eigenvalue weighted by Gasteiger charge is -2.31. The molecule has 2 aromatic rings. The topological polar surface area (TPSA) is 108 Å². The number of nitrogens with zero attached hydrogens (tertiary/aromatic N) is 5. The lowest BCUT2D eigenvalue weighted by molar-refractivity contribution is -0.126. The predicted octanol–water partition coefficient (Wildman–Crippen LogP) is 2.74. The molecule has 186 valence electrons. The Morgan fingerprint density at radius 1 is 1.17 bits per heavy atom. The van der Waals surface area contributed by atoms with Gasteiger partial charge in [0.25, 0.3) is 5.91 Å². The third-order valence-corrected chi connectivity index (χ3v) is 7.39. The zero-order valence-corrected chi connectivity index (χ0v) is 20.8. The molecule has 1 aromatic carbocycles. The zero-order chi connectivity index (χ0) is 25.1. The molecule has 2 fully saturated rings. The fourth-order valence-electron chi connectivity index (χ4n) is 5.17. The van der Waals surface area contributed by atoms with E-state index in [1.165, 1.54) is 11.6 Å². The molecule has 0 unspecified atom stereocenters. The van der Waals surface area contributed by atoms with Gasteiger partial charge in [-0.3, -0.25) is 9.59 Å². The second kappa shape index (κ2) is 10.4. The first-order valence-electron chi connectivity index (χ1n) is 12.2. The van der Waals surface area contributed by atoms with Crippen molar-refractivity contribution in [3.8, 4) is 0 Å². The molecule has 35 heavy (non-hydrogen) atoms. The van der Waals surface area contributed by atoms with Crippen LogP contribution < -0.4 is 16.0 Å². The number of aromatic nitrogens is 2. The Kier molecular flexibility index (Phi) is 7.35. The molecule has 3 N–H and O–H groups in total. The van der Waals surface area contributed by atoms with Gasteiger partial charge in [-0.2, -0.15) is 0 Å². The van der Waals surface area contributed by atoms with Crippen molar-refractivity contribution >= 4 is 29.1 Å². The molecule has 4 rings (SSSR count). The van der Waals surface area contributed by atoms with Crippen LogP contribution in [0.4, 0.5) is 17.3 Å². The van der Waals surface area contributed by atoms with Crippen LogP contribution in [0.5, 0.6) is 0 Å². The van der Waals surface area contributed by atoms with E-state index in [0.29, 0.717) is 24.1 Å². The maximum Gasteiger partial charge on any atom is 0.271 e. The van der Waals surface area contributed by atoms with E-state index in [-0.39, 0.29) is 23.7 Å². The third kappa shape index (κ3) is 5.30. The van der Waals surface area contributed by atoms with Crippen molar-refractivity contribution in [1.82, 2.24) is 19.8 Å². The summed E-state index contributed by atoms with van der Waals surface area (Å²) in [4.78, 5) is 39.4. The smallest absolute Gasteiger partial charge is 0.271 e. The monoisotopic (exact) mass is 477 g/mol. The summed E-state index contributed by atoms with van der Waals surface area (Å²) in [6.45, 7) is 8.50. The average Bonchev–Trinajstić information content (AvgIpc) is 3.25. The maximum atomic E-state index is 12.1. The van der Waals surface area contributed by atoms with Gasteiger partial charge in [-0.05, 0) is 76.0 Å². The maximum absolute atomic E-state index is 12.1. The second-order valence-electron chi connectivity index (χ2n) is 9.56. The Bertz CT molecular complexity index is 1080. The molecular formula is C26H35N7O2. The number of likely N-dealkylation sites (tertiary alicyclic amines) is 2. The highest BCUT2D eigenvalue weighted by atomic mass is 16.2. The fourth-order valence-corrected chi connectivity index (χ4v) is 5.17. The first-order chi connectivity index (χ1) is 16.8. The number of nitrogens with one attached hydrogen (secondary N) is 1. The summed E-state index contributed by atoms with van der Waals surface area (Å²) in [6, 6.07) is 8.34. The lowest BCUT2D eigenvalue weighted by Crippen LogP contribution is -2.43. The van der Waals surface area contributed by atoms with E-state index in [1.54, 1.807) is 6.20 Å². The number of benzene rings is 1. The minimum Gasteiger partial charge on any atom is -0.364 e. The summed E-state index contributed by atoms with van der Waals surface area (Å²) < 4.78 is 0. The summed E-state index contributed by atoms with van der Waals surface area (Å²) in [5, 5.41) is 3.24. The molecule has 9 heteroatoms. The van der Waals surface area contributed by atoms with Crippen molar-refractivity contribution in [3.63, 3.8) is 0 Å². The molecule has 2 saturated heterocycles. The van der Waals surface area contributed by atoms with Crippen LogP contribution in [-0.2, 0) is 4.79 Å². The number of nitrogens with two attached hydrogens (primary N) is 1. The standard InChI is InChI=1S/C26H35N7O2/c1-5-23(34)33-15-12-21(17(33)2)32(4)22-16-28-24(25(27)35)26(30-22)29-20-8-6-18(7-9-20)19-10-13-31(3)14-11-19/h5-9,16-17,19,21H,1,10-15H2,2-4H3,(H2,27,35)(H,29,30)/t17-,21-/m1/s1. The minimum absolute atomic E-state index is 0.00774. The number of carbonyl (C=O) groups is 2. The van der Waals surface area contributed by atoms with Gasteiger partial charge < -0.3 is 25.8 Å². The van der Waals surface area contributed by atoms with E-state index in [1.807, 2.05) is 35.9 Å². The summed E-state index contributed by atoms with van der Waals surface area (Å²) in [7, 11) is 4.09. The summed E-state index contributed by atoms with van der Waals surface area (Å²) in [5.41, 5.74) is 7.81. The van der Waals surface area contributed by atoms with Crippen LogP contribution in [-0.4, -0.2) is 77.4 Å².